The van der Waals surface area contributed by atoms with E-state index < -0.39 is 0 Å². The Labute approximate surface area is 101 Å². The summed E-state index contributed by atoms with van der Waals surface area (Å²) in [5.41, 5.74) is 8.16. The van der Waals surface area contributed by atoms with Crippen molar-refractivity contribution in [2.75, 3.05) is 5.73 Å². The quantitative estimate of drug-likeness (QED) is 0.870. The van der Waals surface area contributed by atoms with E-state index in [0.29, 0.717) is 11.8 Å². The van der Waals surface area contributed by atoms with Crippen LogP contribution < -0.4 is 5.73 Å². The van der Waals surface area contributed by atoms with E-state index in [1.807, 2.05) is 6.92 Å². The number of nitrogens with zero attached hydrogens (tertiary/aromatic N) is 3. The molecule has 0 amide bonds. The Bertz CT molecular complexity index is 502. The topological polar surface area (TPSA) is 64.7 Å². The zero-order chi connectivity index (χ0) is 12.3. The van der Waals surface area contributed by atoms with E-state index in [-0.39, 0.29) is 0 Å². The number of hydrogen-bond donors (Lipinski definition) is 1. The molecule has 0 saturated heterocycles. The van der Waals surface area contributed by atoms with Gasteiger partial charge in [0.05, 0.1) is 0 Å². The maximum absolute atomic E-state index is 5.59. The van der Waals surface area contributed by atoms with E-state index in [2.05, 4.69) is 46.1 Å². The molecule has 0 radical (unpaired) electrons. The lowest BCUT2D eigenvalue weighted by molar-refractivity contribution is 0.821. The largest absolute Gasteiger partial charge is 0.368 e. The molecule has 0 fully saturated rings. The smallest absolute Gasteiger partial charge is 0.223 e. The van der Waals surface area contributed by atoms with Crippen molar-refractivity contribution in [2.24, 2.45) is 0 Å². The third-order valence-corrected chi connectivity index (χ3v) is 2.53. The lowest BCUT2D eigenvalue weighted by atomic mass is 10.1. The second kappa shape index (κ2) is 4.91. The summed E-state index contributed by atoms with van der Waals surface area (Å²) in [6.07, 6.45) is 1.71. The van der Waals surface area contributed by atoms with Crippen molar-refractivity contribution < 1.29 is 0 Å². The predicted molar refractivity (Wildman–Crippen MR) is 67.6 cm³/mol. The van der Waals surface area contributed by atoms with Gasteiger partial charge in [-0.15, -0.1) is 0 Å². The van der Waals surface area contributed by atoms with Crippen molar-refractivity contribution in [3.05, 3.63) is 47.0 Å². The predicted octanol–water partition coefficient (Wildman–Crippen LogP) is 1.86. The molecule has 0 aliphatic carbocycles. The third kappa shape index (κ3) is 3.24. The minimum Gasteiger partial charge on any atom is -0.368 e. The molecule has 0 aliphatic rings. The van der Waals surface area contributed by atoms with Gasteiger partial charge in [-0.05, 0) is 25.8 Å². The fraction of sp³-hybridized carbons (Fsp3) is 0.308. The molecule has 0 atom stereocenters. The Morgan fingerprint density at radius 2 is 1.88 bits per heavy atom. The molecule has 4 nitrogen and oxygen atoms in total. The van der Waals surface area contributed by atoms with Crippen molar-refractivity contribution in [1.29, 1.82) is 0 Å². The SMILES string of the molecule is Cc1cccc(CCc2nc(C)nc(N)n2)c1. The molecule has 1 aromatic heterocycles. The molecule has 0 saturated carbocycles. The molecule has 0 spiro atoms. The van der Waals surface area contributed by atoms with Crippen LogP contribution >= 0.6 is 0 Å². The summed E-state index contributed by atoms with van der Waals surface area (Å²) in [5, 5.41) is 0. The van der Waals surface area contributed by atoms with Crippen LogP contribution in [-0.2, 0) is 12.8 Å². The van der Waals surface area contributed by atoms with Crippen LogP contribution in [0.4, 0.5) is 5.95 Å². The first-order valence-electron chi connectivity index (χ1n) is 5.66. The van der Waals surface area contributed by atoms with E-state index in [1.165, 1.54) is 11.1 Å². The highest BCUT2D eigenvalue weighted by molar-refractivity contribution is 5.23. The van der Waals surface area contributed by atoms with Gasteiger partial charge in [-0.3, -0.25) is 0 Å². The van der Waals surface area contributed by atoms with Crippen LogP contribution in [0.1, 0.15) is 22.8 Å². The Morgan fingerprint density at radius 1 is 1.06 bits per heavy atom. The van der Waals surface area contributed by atoms with Gasteiger partial charge in [-0.25, -0.2) is 4.98 Å². The highest BCUT2D eigenvalue weighted by atomic mass is 15.1. The van der Waals surface area contributed by atoms with Crippen LogP contribution in [0.3, 0.4) is 0 Å². The van der Waals surface area contributed by atoms with Gasteiger partial charge in [-0.1, -0.05) is 29.8 Å². The average molecular weight is 228 g/mol. The van der Waals surface area contributed by atoms with Crippen molar-refractivity contribution >= 4 is 5.95 Å². The van der Waals surface area contributed by atoms with Gasteiger partial charge in [0.25, 0.3) is 0 Å². The number of nitrogen functional groups attached to an aromatic ring is 1. The van der Waals surface area contributed by atoms with E-state index in [0.717, 1.165) is 18.7 Å². The summed E-state index contributed by atoms with van der Waals surface area (Å²) < 4.78 is 0. The molecule has 2 aromatic rings. The van der Waals surface area contributed by atoms with Crippen LogP contribution in [0, 0.1) is 13.8 Å². The molecular weight excluding hydrogens is 212 g/mol. The van der Waals surface area contributed by atoms with Crippen LogP contribution in [0.15, 0.2) is 24.3 Å². The summed E-state index contributed by atoms with van der Waals surface area (Å²) in [4.78, 5) is 12.4. The average Bonchev–Trinajstić information content (AvgIpc) is 2.25. The molecule has 88 valence electrons. The third-order valence-electron chi connectivity index (χ3n) is 2.53. The summed E-state index contributed by atoms with van der Waals surface area (Å²) >= 11 is 0. The molecule has 0 unspecified atom stereocenters. The number of rotatable bonds is 3. The number of hydrogen-bond acceptors (Lipinski definition) is 4. The molecule has 4 heteroatoms. The van der Waals surface area contributed by atoms with Gasteiger partial charge in [0.15, 0.2) is 0 Å². The molecule has 1 heterocycles. The summed E-state index contributed by atoms with van der Waals surface area (Å²) in [6.45, 7) is 3.92. The van der Waals surface area contributed by atoms with Crippen molar-refractivity contribution in [3.8, 4) is 0 Å². The normalized spacial score (nSPS) is 10.5. The first-order valence-corrected chi connectivity index (χ1v) is 5.66. The lowest BCUT2D eigenvalue weighted by Gasteiger charge is -2.03. The summed E-state index contributed by atoms with van der Waals surface area (Å²) in [6, 6.07) is 8.45. The molecule has 2 N–H and O–H groups in total. The Hall–Kier alpha value is -1.97. The second-order valence-corrected chi connectivity index (χ2v) is 4.15. The standard InChI is InChI=1S/C13H16N4/c1-9-4-3-5-11(8-9)6-7-12-15-10(2)16-13(14)17-12/h3-5,8H,6-7H2,1-2H3,(H2,14,15,16,17). The number of anilines is 1. The molecule has 0 aliphatic heterocycles. The van der Waals surface area contributed by atoms with E-state index in [1.54, 1.807) is 0 Å². The Balaban J connectivity index is 2.07. The van der Waals surface area contributed by atoms with Crippen LogP contribution in [-0.4, -0.2) is 15.0 Å². The van der Waals surface area contributed by atoms with Gasteiger partial charge in [0.2, 0.25) is 5.95 Å². The number of nitrogens with two attached hydrogens (primary N) is 1. The second-order valence-electron chi connectivity index (χ2n) is 4.15. The van der Waals surface area contributed by atoms with Crippen LogP contribution in [0.2, 0.25) is 0 Å². The monoisotopic (exact) mass is 228 g/mol. The molecule has 17 heavy (non-hydrogen) atoms. The van der Waals surface area contributed by atoms with Gasteiger partial charge < -0.3 is 5.73 Å². The minimum absolute atomic E-state index is 0.303. The van der Waals surface area contributed by atoms with E-state index in [4.69, 9.17) is 5.73 Å². The zero-order valence-electron chi connectivity index (χ0n) is 10.1. The molecule has 1 aromatic carbocycles. The highest BCUT2D eigenvalue weighted by Crippen LogP contribution is 2.07. The van der Waals surface area contributed by atoms with E-state index >= 15 is 0 Å². The van der Waals surface area contributed by atoms with Crippen molar-refractivity contribution in [1.82, 2.24) is 15.0 Å². The fourth-order valence-electron chi connectivity index (χ4n) is 1.80. The summed E-state index contributed by atoms with van der Waals surface area (Å²) in [7, 11) is 0. The van der Waals surface area contributed by atoms with Crippen LogP contribution in [0.5, 0.6) is 0 Å². The number of benzene rings is 1. The molecular formula is C13H16N4. The molecule has 0 bridgehead atoms. The maximum Gasteiger partial charge on any atom is 0.223 e. The Morgan fingerprint density at radius 3 is 2.59 bits per heavy atom. The first-order chi connectivity index (χ1) is 8.13. The van der Waals surface area contributed by atoms with Crippen molar-refractivity contribution in [3.63, 3.8) is 0 Å². The number of aryl methyl sites for hydroxylation is 4. The Kier molecular flexibility index (Phi) is 3.32. The molecule has 2 rings (SSSR count). The maximum atomic E-state index is 5.59. The fourth-order valence-corrected chi connectivity index (χ4v) is 1.80. The number of aromatic nitrogens is 3. The van der Waals surface area contributed by atoms with Gasteiger partial charge >= 0.3 is 0 Å². The van der Waals surface area contributed by atoms with Gasteiger partial charge in [0, 0.05) is 6.42 Å². The van der Waals surface area contributed by atoms with Gasteiger partial charge in [-0.2, -0.15) is 9.97 Å². The zero-order valence-corrected chi connectivity index (χ0v) is 10.1. The summed E-state index contributed by atoms with van der Waals surface area (Å²) in [5.74, 6) is 1.74. The van der Waals surface area contributed by atoms with Gasteiger partial charge in [0.1, 0.15) is 11.6 Å². The first kappa shape index (κ1) is 11.5. The highest BCUT2D eigenvalue weighted by Gasteiger charge is 2.02. The van der Waals surface area contributed by atoms with Crippen LogP contribution in [0.25, 0.3) is 0 Å². The lowest BCUT2D eigenvalue weighted by Crippen LogP contribution is -2.06. The van der Waals surface area contributed by atoms with Crippen molar-refractivity contribution in [2.45, 2.75) is 26.7 Å². The van der Waals surface area contributed by atoms with E-state index in [9.17, 15) is 0 Å². The minimum atomic E-state index is 0.303.